The van der Waals surface area contributed by atoms with E-state index < -0.39 is 0 Å². The highest BCUT2D eigenvalue weighted by Crippen LogP contribution is 2.37. The Balaban J connectivity index is 1.44. The second-order valence-electron chi connectivity index (χ2n) is 6.49. The average molecular weight is 266 g/mol. The van der Waals surface area contributed by atoms with Gasteiger partial charge in [0, 0.05) is 32.2 Å². The quantitative estimate of drug-likeness (QED) is 0.843. The van der Waals surface area contributed by atoms with Crippen molar-refractivity contribution in [2.24, 2.45) is 17.6 Å². The van der Waals surface area contributed by atoms with E-state index in [1.54, 1.807) is 0 Å². The number of fused-ring (bicyclic) bond motifs is 1. The Bertz CT molecular complexity index is 328. The van der Waals surface area contributed by atoms with E-state index in [0.29, 0.717) is 36.3 Å². The lowest BCUT2D eigenvalue weighted by Gasteiger charge is -2.24. The summed E-state index contributed by atoms with van der Waals surface area (Å²) >= 11 is 0. The molecule has 0 spiro atoms. The molecule has 4 unspecified atom stereocenters. The molecule has 2 heterocycles. The zero-order chi connectivity index (χ0) is 13.2. The molecular weight excluding hydrogens is 240 g/mol. The Labute approximate surface area is 115 Å². The molecule has 2 saturated heterocycles. The van der Waals surface area contributed by atoms with Gasteiger partial charge in [0.05, 0.1) is 6.10 Å². The summed E-state index contributed by atoms with van der Waals surface area (Å²) in [5, 5.41) is 0. The van der Waals surface area contributed by atoms with Gasteiger partial charge in [0.2, 0.25) is 5.91 Å². The first kappa shape index (κ1) is 13.4. The first-order valence-corrected chi connectivity index (χ1v) is 7.89. The van der Waals surface area contributed by atoms with Gasteiger partial charge in [-0.25, -0.2) is 0 Å². The number of amides is 1. The van der Waals surface area contributed by atoms with Crippen LogP contribution in [0.5, 0.6) is 0 Å². The Morgan fingerprint density at radius 2 is 2.11 bits per heavy atom. The molecule has 2 N–H and O–H groups in total. The van der Waals surface area contributed by atoms with Crippen LogP contribution in [-0.2, 0) is 9.53 Å². The molecule has 4 atom stereocenters. The summed E-state index contributed by atoms with van der Waals surface area (Å²) < 4.78 is 5.69. The minimum absolute atomic E-state index is 0.316. The topological polar surface area (TPSA) is 55.6 Å². The summed E-state index contributed by atoms with van der Waals surface area (Å²) in [6.45, 7) is 2.72. The molecule has 3 fully saturated rings. The second-order valence-corrected chi connectivity index (χ2v) is 6.49. The van der Waals surface area contributed by atoms with Crippen LogP contribution < -0.4 is 5.73 Å². The van der Waals surface area contributed by atoms with Crippen molar-refractivity contribution in [3.05, 3.63) is 0 Å². The molecule has 0 radical (unpaired) electrons. The average Bonchev–Trinajstić information content (AvgIpc) is 3.00. The number of carbonyl (C=O) groups excluding carboxylic acids is 1. The van der Waals surface area contributed by atoms with Gasteiger partial charge in [-0.05, 0) is 50.4 Å². The maximum atomic E-state index is 12.3. The molecule has 108 valence electrons. The van der Waals surface area contributed by atoms with E-state index in [1.807, 2.05) is 0 Å². The number of carbonyl (C=O) groups is 1. The van der Waals surface area contributed by atoms with Crippen LogP contribution in [0.1, 0.15) is 44.9 Å². The molecule has 4 nitrogen and oxygen atoms in total. The smallest absolute Gasteiger partial charge is 0.222 e. The van der Waals surface area contributed by atoms with Crippen LogP contribution >= 0.6 is 0 Å². The predicted octanol–water partition coefficient (Wildman–Crippen LogP) is 1.53. The molecule has 3 rings (SSSR count). The van der Waals surface area contributed by atoms with Gasteiger partial charge in [-0.2, -0.15) is 0 Å². The standard InChI is InChI=1S/C15H26N2O2/c16-14-6-4-11-9-17(10-13(11)14)15(18)7-5-12-3-1-2-8-19-12/h11-14H,1-10,16H2. The third kappa shape index (κ3) is 2.95. The van der Waals surface area contributed by atoms with E-state index in [-0.39, 0.29) is 0 Å². The number of ether oxygens (including phenoxy) is 1. The van der Waals surface area contributed by atoms with Crippen molar-refractivity contribution in [3.63, 3.8) is 0 Å². The Hall–Kier alpha value is -0.610. The summed E-state index contributed by atoms with van der Waals surface area (Å²) in [6.07, 6.45) is 7.79. The number of hydrogen-bond acceptors (Lipinski definition) is 3. The fourth-order valence-corrected chi connectivity index (χ4v) is 3.99. The van der Waals surface area contributed by atoms with Gasteiger partial charge in [-0.3, -0.25) is 4.79 Å². The third-order valence-corrected chi connectivity index (χ3v) is 5.22. The third-order valence-electron chi connectivity index (χ3n) is 5.22. The predicted molar refractivity (Wildman–Crippen MR) is 73.6 cm³/mol. The Kier molecular flexibility index (Phi) is 4.08. The van der Waals surface area contributed by atoms with Gasteiger partial charge >= 0.3 is 0 Å². The molecule has 0 aromatic rings. The van der Waals surface area contributed by atoms with Gasteiger partial charge in [-0.15, -0.1) is 0 Å². The monoisotopic (exact) mass is 266 g/mol. The van der Waals surface area contributed by atoms with E-state index in [2.05, 4.69) is 4.90 Å². The van der Waals surface area contributed by atoms with Gasteiger partial charge in [0.25, 0.3) is 0 Å². The Morgan fingerprint density at radius 3 is 2.84 bits per heavy atom. The molecule has 19 heavy (non-hydrogen) atoms. The molecule has 0 aromatic carbocycles. The van der Waals surface area contributed by atoms with E-state index in [9.17, 15) is 4.79 Å². The molecule has 1 amide bonds. The van der Waals surface area contributed by atoms with Crippen molar-refractivity contribution in [1.82, 2.24) is 4.90 Å². The van der Waals surface area contributed by atoms with Crippen LogP contribution in [0.2, 0.25) is 0 Å². The number of nitrogens with two attached hydrogens (primary N) is 1. The minimum atomic E-state index is 0.316. The molecular formula is C15H26N2O2. The van der Waals surface area contributed by atoms with Gasteiger partial charge in [0.1, 0.15) is 0 Å². The SMILES string of the molecule is NC1CCC2CN(C(=O)CCC3CCCCO3)CC12. The van der Waals surface area contributed by atoms with Gasteiger partial charge < -0.3 is 15.4 Å². The maximum absolute atomic E-state index is 12.3. The van der Waals surface area contributed by atoms with Crippen LogP contribution in [0.25, 0.3) is 0 Å². The fourth-order valence-electron chi connectivity index (χ4n) is 3.99. The molecule has 1 saturated carbocycles. The van der Waals surface area contributed by atoms with E-state index in [0.717, 1.165) is 39.0 Å². The maximum Gasteiger partial charge on any atom is 0.222 e. The van der Waals surface area contributed by atoms with Crippen LogP contribution in [-0.4, -0.2) is 42.6 Å². The summed E-state index contributed by atoms with van der Waals surface area (Å²) in [6, 6.07) is 0.324. The van der Waals surface area contributed by atoms with Crippen molar-refractivity contribution in [2.75, 3.05) is 19.7 Å². The first-order chi connectivity index (χ1) is 9.24. The van der Waals surface area contributed by atoms with Crippen LogP contribution in [0, 0.1) is 11.8 Å². The lowest BCUT2D eigenvalue weighted by molar-refractivity contribution is -0.131. The Morgan fingerprint density at radius 1 is 1.21 bits per heavy atom. The number of hydrogen-bond donors (Lipinski definition) is 1. The normalized spacial score (nSPS) is 38.5. The largest absolute Gasteiger partial charge is 0.378 e. The summed E-state index contributed by atoms with van der Waals surface area (Å²) in [7, 11) is 0. The highest BCUT2D eigenvalue weighted by atomic mass is 16.5. The highest BCUT2D eigenvalue weighted by Gasteiger charge is 2.42. The van der Waals surface area contributed by atoms with Crippen molar-refractivity contribution in [1.29, 1.82) is 0 Å². The van der Waals surface area contributed by atoms with E-state index >= 15 is 0 Å². The minimum Gasteiger partial charge on any atom is -0.378 e. The summed E-state index contributed by atoms with van der Waals surface area (Å²) in [5.74, 6) is 1.55. The molecule has 3 aliphatic rings. The summed E-state index contributed by atoms with van der Waals surface area (Å²) in [4.78, 5) is 14.3. The zero-order valence-corrected chi connectivity index (χ0v) is 11.7. The summed E-state index contributed by atoms with van der Waals surface area (Å²) in [5.41, 5.74) is 6.12. The second kappa shape index (κ2) is 5.80. The van der Waals surface area contributed by atoms with Crippen LogP contribution in [0.3, 0.4) is 0 Å². The van der Waals surface area contributed by atoms with Crippen molar-refractivity contribution in [2.45, 2.75) is 57.1 Å². The van der Waals surface area contributed by atoms with Crippen LogP contribution in [0.4, 0.5) is 0 Å². The van der Waals surface area contributed by atoms with Crippen LogP contribution in [0.15, 0.2) is 0 Å². The number of rotatable bonds is 3. The number of likely N-dealkylation sites (tertiary alicyclic amines) is 1. The molecule has 0 aromatic heterocycles. The first-order valence-electron chi connectivity index (χ1n) is 7.89. The van der Waals surface area contributed by atoms with E-state index in [4.69, 9.17) is 10.5 Å². The molecule has 2 aliphatic heterocycles. The molecule has 4 heteroatoms. The lowest BCUT2D eigenvalue weighted by atomic mass is 9.98. The van der Waals surface area contributed by atoms with Crippen molar-refractivity contribution in [3.8, 4) is 0 Å². The van der Waals surface area contributed by atoms with Gasteiger partial charge in [0.15, 0.2) is 0 Å². The van der Waals surface area contributed by atoms with Crippen molar-refractivity contribution < 1.29 is 9.53 Å². The highest BCUT2D eigenvalue weighted by molar-refractivity contribution is 5.76. The molecule has 0 bridgehead atoms. The zero-order valence-electron chi connectivity index (χ0n) is 11.7. The van der Waals surface area contributed by atoms with Crippen molar-refractivity contribution >= 4 is 5.91 Å². The fraction of sp³-hybridized carbons (Fsp3) is 0.933. The molecule has 1 aliphatic carbocycles. The lowest BCUT2D eigenvalue weighted by Crippen LogP contribution is -2.34. The van der Waals surface area contributed by atoms with Gasteiger partial charge in [-0.1, -0.05) is 0 Å². The number of nitrogens with zero attached hydrogens (tertiary/aromatic N) is 1. The van der Waals surface area contributed by atoms with E-state index in [1.165, 1.54) is 19.3 Å².